The van der Waals surface area contributed by atoms with Gasteiger partial charge in [-0.3, -0.25) is 10.2 Å². The van der Waals surface area contributed by atoms with Crippen molar-refractivity contribution >= 4 is 0 Å². The summed E-state index contributed by atoms with van der Waals surface area (Å²) in [6, 6.07) is 3.69. The standard InChI is InChI=1S/C16H32N4/c1-6-9-18-16(4,13-17)8-7-10-20-11-14(2)19(5)15(3)12-20/h14-15,18H,6-12H2,1-5H3. The molecule has 0 saturated carbocycles. The summed E-state index contributed by atoms with van der Waals surface area (Å²) in [5.41, 5.74) is -0.361. The average molecular weight is 280 g/mol. The van der Waals surface area contributed by atoms with Crippen molar-refractivity contribution < 1.29 is 0 Å². The minimum atomic E-state index is -0.361. The summed E-state index contributed by atoms with van der Waals surface area (Å²) in [5, 5.41) is 12.7. The lowest BCUT2D eigenvalue weighted by Crippen LogP contribution is -2.55. The van der Waals surface area contributed by atoms with Gasteiger partial charge in [0.25, 0.3) is 0 Å². The smallest absolute Gasteiger partial charge is 0.103 e. The van der Waals surface area contributed by atoms with Crippen LogP contribution in [0.15, 0.2) is 0 Å². The average Bonchev–Trinajstić information content (AvgIpc) is 2.42. The third-order valence-corrected chi connectivity index (χ3v) is 4.60. The van der Waals surface area contributed by atoms with Gasteiger partial charge in [-0.05, 0) is 60.2 Å². The maximum absolute atomic E-state index is 9.33. The molecule has 1 saturated heterocycles. The Hall–Kier alpha value is -0.630. The summed E-state index contributed by atoms with van der Waals surface area (Å²) < 4.78 is 0. The fourth-order valence-corrected chi connectivity index (χ4v) is 2.94. The van der Waals surface area contributed by atoms with Gasteiger partial charge in [-0.2, -0.15) is 5.26 Å². The first-order valence-corrected chi connectivity index (χ1v) is 8.02. The van der Waals surface area contributed by atoms with Crippen molar-refractivity contribution in [2.75, 3.05) is 33.2 Å². The van der Waals surface area contributed by atoms with E-state index in [1.165, 1.54) is 0 Å². The highest BCUT2D eigenvalue weighted by Gasteiger charge is 2.27. The molecule has 1 N–H and O–H groups in total. The molecule has 0 amide bonds. The van der Waals surface area contributed by atoms with E-state index in [4.69, 9.17) is 0 Å². The van der Waals surface area contributed by atoms with E-state index < -0.39 is 0 Å². The van der Waals surface area contributed by atoms with Gasteiger partial charge in [-0.15, -0.1) is 0 Å². The zero-order chi connectivity index (χ0) is 15.2. The molecule has 0 radical (unpaired) electrons. The second kappa shape index (κ2) is 7.97. The highest BCUT2D eigenvalue weighted by Crippen LogP contribution is 2.16. The molecule has 3 atom stereocenters. The molecule has 0 bridgehead atoms. The van der Waals surface area contributed by atoms with Crippen molar-refractivity contribution in [1.29, 1.82) is 5.26 Å². The number of likely N-dealkylation sites (N-methyl/N-ethyl adjacent to an activating group) is 1. The summed E-state index contributed by atoms with van der Waals surface area (Å²) in [5.74, 6) is 0. The van der Waals surface area contributed by atoms with Crippen LogP contribution >= 0.6 is 0 Å². The Morgan fingerprint density at radius 1 is 1.30 bits per heavy atom. The fourth-order valence-electron chi connectivity index (χ4n) is 2.94. The molecule has 0 aromatic heterocycles. The first kappa shape index (κ1) is 17.4. The fraction of sp³-hybridized carbons (Fsp3) is 0.938. The van der Waals surface area contributed by atoms with Crippen LogP contribution in [-0.2, 0) is 0 Å². The van der Waals surface area contributed by atoms with Gasteiger partial charge >= 0.3 is 0 Å². The number of nitrogens with one attached hydrogen (secondary N) is 1. The van der Waals surface area contributed by atoms with Crippen molar-refractivity contribution in [1.82, 2.24) is 15.1 Å². The Bertz CT molecular complexity index is 313. The highest BCUT2D eigenvalue weighted by molar-refractivity contribution is 5.03. The van der Waals surface area contributed by atoms with Crippen LogP contribution in [0.25, 0.3) is 0 Å². The lowest BCUT2D eigenvalue weighted by atomic mass is 9.97. The topological polar surface area (TPSA) is 42.3 Å². The zero-order valence-corrected chi connectivity index (χ0v) is 13.9. The van der Waals surface area contributed by atoms with Crippen LogP contribution in [0.3, 0.4) is 0 Å². The lowest BCUT2D eigenvalue weighted by Gasteiger charge is -2.42. The van der Waals surface area contributed by atoms with E-state index in [1.807, 2.05) is 6.92 Å². The molecule has 1 aliphatic rings. The number of nitrogens with zero attached hydrogens (tertiary/aromatic N) is 3. The van der Waals surface area contributed by atoms with E-state index >= 15 is 0 Å². The monoisotopic (exact) mass is 280 g/mol. The quantitative estimate of drug-likeness (QED) is 0.775. The Kier molecular flexibility index (Phi) is 6.94. The molecular weight excluding hydrogens is 248 g/mol. The van der Waals surface area contributed by atoms with Crippen LogP contribution in [0, 0.1) is 11.3 Å². The van der Waals surface area contributed by atoms with Crippen LogP contribution in [0.1, 0.15) is 47.0 Å². The molecule has 0 aromatic rings. The van der Waals surface area contributed by atoms with Crippen LogP contribution in [0.4, 0.5) is 0 Å². The van der Waals surface area contributed by atoms with E-state index in [0.717, 1.165) is 45.4 Å². The highest BCUT2D eigenvalue weighted by atomic mass is 15.3. The van der Waals surface area contributed by atoms with Crippen molar-refractivity contribution in [3.63, 3.8) is 0 Å². The summed E-state index contributed by atoms with van der Waals surface area (Å²) in [6.07, 6.45) is 3.09. The van der Waals surface area contributed by atoms with Crippen LogP contribution in [0.2, 0.25) is 0 Å². The third kappa shape index (κ3) is 5.05. The van der Waals surface area contributed by atoms with Gasteiger partial charge in [0.1, 0.15) is 5.54 Å². The number of hydrogen-bond donors (Lipinski definition) is 1. The summed E-state index contributed by atoms with van der Waals surface area (Å²) >= 11 is 0. The summed E-state index contributed by atoms with van der Waals surface area (Å²) in [7, 11) is 2.22. The Labute approximate surface area is 125 Å². The Balaban J connectivity index is 2.35. The molecule has 1 heterocycles. The van der Waals surface area contributed by atoms with Crippen LogP contribution < -0.4 is 5.32 Å². The van der Waals surface area contributed by atoms with E-state index in [0.29, 0.717) is 12.1 Å². The van der Waals surface area contributed by atoms with Gasteiger partial charge in [0, 0.05) is 25.2 Å². The molecule has 1 fully saturated rings. The van der Waals surface area contributed by atoms with Gasteiger partial charge in [0.2, 0.25) is 0 Å². The molecule has 4 nitrogen and oxygen atoms in total. The van der Waals surface area contributed by atoms with E-state index in [-0.39, 0.29) is 5.54 Å². The predicted molar refractivity (Wildman–Crippen MR) is 84.7 cm³/mol. The van der Waals surface area contributed by atoms with Crippen LogP contribution in [-0.4, -0.2) is 60.6 Å². The maximum Gasteiger partial charge on any atom is 0.103 e. The molecule has 1 aliphatic heterocycles. The van der Waals surface area contributed by atoms with Gasteiger partial charge in [-0.25, -0.2) is 0 Å². The molecule has 0 aliphatic carbocycles. The van der Waals surface area contributed by atoms with Gasteiger partial charge in [0.15, 0.2) is 0 Å². The van der Waals surface area contributed by atoms with E-state index in [1.54, 1.807) is 0 Å². The zero-order valence-electron chi connectivity index (χ0n) is 13.9. The molecular formula is C16H32N4. The molecule has 3 unspecified atom stereocenters. The van der Waals surface area contributed by atoms with Crippen molar-refractivity contribution in [3.05, 3.63) is 0 Å². The first-order chi connectivity index (χ1) is 9.41. The van der Waals surface area contributed by atoms with Gasteiger partial charge < -0.3 is 4.90 Å². The summed E-state index contributed by atoms with van der Waals surface area (Å²) in [4.78, 5) is 5.01. The third-order valence-electron chi connectivity index (χ3n) is 4.60. The maximum atomic E-state index is 9.33. The predicted octanol–water partition coefficient (Wildman–Crippen LogP) is 2.07. The molecule has 20 heavy (non-hydrogen) atoms. The minimum Gasteiger partial charge on any atom is -0.300 e. The van der Waals surface area contributed by atoms with Crippen LogP contribution in [0.5, 0.6) is 0 Å². The largest absolute Gasteiger partial charge is 0.300 e. The molecule has 0 spiro atoms. The SMILES string of the molecule is CCCNC(C)(C#N)CCCN1CC(C)N(C)C(C)C1. The van der Waals surface area contributed by atoms with Gasteiger partial charge in [-0.1, -0.05) is 6.92 Å². The summed E-state index contributed by atoms with van der Waals surface area (Å²) in [6.45, 7) is 13.1. The normalized spacial score (nSPS) is 28.0. The number of rotatable bonds is 7. The number of nitriles is 1. The van der Waals surface area contributed by atoms with E-state index in [9.17, 15) is 5.26 Å². The Morgan fingerprint density at radius 2 is 1.90 bits per heavy atom. The van der Waals surface area contributed by atoms with E-state index in [2.05, 4.69) is 49.0 Å². The van der Waals surface area contributed by atoms with Crippen molar-refractivity contribution in [2.24, 2.45) is 0 Å². The van der Waals surface area contributed by atoms with Gasteiger partial charge in [0.05, 0.1) is 6.07 Å². The Morgan fingerprint density at radius 3 is 2.40 bits per heavy atom. The van der Waals surface area contributed by atoms with Crippen molar-refractivity contribution in [3.8, 4) is 6.07 Å². The number of piperazine rings is 1. The lowest BCUT2D eigenvalue weighted by molar-refractivity contribution is 0.0584. The molecule has 0 aromatic carbocycles. The first-order valence-electron chi connectivity index (χ1n) is 8.02. The minimum absolute atomic E-state index is 0.361. The second-order valence-corrected chi connectivity index (χ2v) is 6.60. The molecule has 1 rings (SSSR count). The molecule has 116 valence electrons. The molecule has 4 heteroatoms. The number of hydrogen-bond acceptors (Lipinski definition) is 4. The van der Waals surface area contributed by atoms with Crippen molar-refractivity contribution in [2.45, 2.75) is 64.6 Å². The second-order valence-electron chi connectivity index (χ2n) is 6.60.